The molecule has 0 fully saturated rings. The van der Waals surface area contributed by atoms with E-state index in [2.05, 4.69) is 11.8 Å². The summed E-state index contributed by atoms with van der Waals surface area (Å²) in [6.07, 6.45) is 0. The molecule has 98 valence electrons. The van der Waals surface area contributed by atoms with Gasteiger partial charge in [0.25, 0.3) is 0 Å². The lowest BCUT2D eigenvalue weighted by atomic mass is 9.96. The summed E-state index contributed by atoms with van der Waals surface area (Å²) in [5.41, 5.74) is 1.90. The summed E-state index contributed by atoms with van der Waals surface area (Å²) in [7, 11) is 0. The predicted molar refractivity (Wildman–Crippen MR) is 74.2 cm³/mol. The van der Waals surface area contributed by atoms with E-state index in [9.17, 15) is 4.79 Å². The fraction of sp³-hybridized carbons (Fsp3) is 0.312. The molecule has 0 aliphatic rings. The first kappa shape index (κ1) is 13.2. The highest BCUT2D eigenvalue weighted by molar-refractivity contribution is 5.97. The molecule has 1 N–H and O–H groups in total. The van der Waals surface area contributed by atoms with Gasteiger partial charge in [-0.2, -0.15) is 0 Å². The third-order valence-electron chi connectivity index (χ3n) is 2.72. The number of carboxylic acids is 1. The summed E-state index contributed by atoms with van der Waals surface area (Å²) in [5.74, 6) is 5.21. The molecule has 2 rings (SSSR count). The second-order valence-corrected chi connectivity index (χ2v) is 5.54. The summed E-state index contributed by atoms with van der Waals surface area (Å²) < 4.78 is 5.37. The van der Waals surface area contributed by atoms with Crippen LogP contribution in [0.25, 0.3) is 11.0 Å². The van der Waals surface area contributed by atoms with E-state index in [4.69, 9.17) is 9.52 Å². The van der Waals surface area contributed by atoms with E-state index in [1.54, 1.807) is 13.0 Å². The van der Waals surface area contributed by atoms with Gasteiger partial charge in [0.05, 0.1) is 0 Å². The van der Waals surface area contributed by atoms with E-state index >= 15 is 0 Å². The highest BCUT2D eigenvalue weighted by Gasteiger charge is 2.18. The van der Waals surface area contributed by atoms with Gasteiger partial charge in [0, 0.05) is 21.9 Å². The molecule has 1 heterocycles. The van der Waals surface area contributed by atoms with E-state index in [-0.39, 0.29) is 11.2 Å². The van der Waals surface area contributed by atoms with E-state index in [1.807, 2.05) is 32.9 Å². The molecule has 19 heavy (non-hydrogen) atoms. The van der Waals surface area contributed by atoms with Crippen LogP contribution in [0.1, 0.15) is 42.5 Å². The summed E-state index contributed by atoms with van der Waals surface area (Å²) in [4.78, 5) is 11.1. The number of carbonyl (C=O) groups is 1. The molecule has 0 radical (unpaired) electrons. The molecule has 0 aliphatic heterocycles. The van der Waals surface area contributed by atoms with Crippen LogP contribution < -0.4 is 0 Å². The normalized spacial score (nSPS) is 11.2. The van der Waals surface area contributed by atoms with Gasteiger partial charge >= 0.3 is 5.97 Å². The molecule has 0 unspecified atom stereocenters. The van der Waals surface area contributed by atoms with Crippen molar-refractivity contribution in [3.8, 4) is 11.8 Å². The van der Waals surface area contributed by atoms with E-state index in [1.165, 1.54) is 0 Å². The molecule has 1 aromatic carbocycles. The minimum atomic E-state index is -1.05. The number of hydrogen-bond donors (Lipinski definition) is 1. The standard InChI is InChI=1S/C16H16O3/c1-10-13-11(8-9-16(2,3)4)6-5-7-12(13)19-14(10)15(17)18/h5-7H,1-4H3,(H,17,18). The van der Waals surface area contributed by atoms with Crippen molar-refractivity contribution in [3.63, 3.8) is 0 Å². The molecule has 0 aliphatic carbocycles. The van der Waals surface area contributed by atoms with E-state index in [0.717, 1.165) is 10.9 Å². The van der Waals surface area contributed by atoms with Crippen molar-refractivity contribution < 1.29 is 14.3 Å². The van der Waals surface area contributed by atoms with Crippen molar-refractivity contribution >= 4 is 16.9 Å². The van der Waals surface area contributed by atoms with Crippen LogP contribution >= 0.6 is 0 Å². The van der Waals surface area contributed by atoms with Gasteiger partial charge in [-0.3, -0.25) is 0 Å². The summed E-state index contributed by atoms with van der Waals surface area (Å²) >= 11 is 0. The Morgan fingerprint density at radius 1 is 1.32 bits per heavy atom. The molecule has 1 aromatic heterocycles. The maximum absolute atomic E-state index is 11.1. The second kappa shape index (κ2) is 4.47. The lowest BCUT2D eigenvalue weighted by molar-refractivity contribution is 0.0664. The van der Waals surface area contributed by atoms with E-state index < -0.39 is 5.97 Å². The SMILES string of the molecule is Cc1c(C(=O)O)oc2cccc(C#CC(C)(C)C)c12. The molecule has 2 aromatic rings. The fourth-order valence-electron chi connectivity index (χ4n) is 1.87. The van der Waals surface area contributed by atoms with Gasteiger partial charge in [-0.05, 0) is 39.8 Å². The van der Waals surface area contributed by atoms with Crippen molar-refractivity contribution in [3.05, 3.63) is 35.1 Å². The Labute approximate surface area is 112 Å². The van der Waals surface area contributed by atoms with Crippen LogP contribution in [0, 0.1) is 24.2 Å². The first-order valence-electron chi connectivity index (χ1n) is 6.08. The smallest absolute Gasteiger partial charge is 0.372 e. The maximum Gasteiger partial charge on any atom is 0.372 e. The highest BCUT2D eigenvalue weighted by Crippen LogP contribution is 2.28. The van der Waals surface area contributed by atoms with Crippen LogP contribution in [-0.2, 0) is 0 Å². The second-order valence-electron chi connectivity index (χ2n) is 5.54. The van der Waals surface area contributed by atoms with Crippen LogP contribution in [0.2, 0.25) is 0 Å². The van der Waals surface area contributed by atoms with Gasteiger partial charge in [0.15, 0.2) is 0 Å². The lowest BCUT2D eigenvalue weighted by Crippen LogP contribution is -1.99. The Hall–Kier alpha value is -2.21. The molecular formula is C16H16O3. The monoisotopic (exact) mass is 256 g/mol. The number of furan rings is 1. The van der Waals surface area contributed by atoms with Crippen LogP contribution in [0.15, 0.2) is 22.6 Å². The minimum Gasteiger partial charge on any atom is -0.475 e. The fourth-order valence-corrected chi connectivity index (χ4v) is 1.87. The van der Waals surface area contributed by atoms with Gasteiger partial charge in [-0.15, -0.1) is 0 Å². The molecule has 0 bridgehead atoms. The van der Waals surface area contributed by atoms with Crippen molar-refractivity contribution in [2.75, 3.05) is 0 Å². The summed E-state index contributed by atoms with van der Waals surface area (Å²) in [6, 6.07) is 5.47. The molecule has 0 atom stereocenters. The Bertz CT molecular complexity index is 703. The highest BCUT2D eigenvalue weighted by atomic mass is 16.4. The average Bonchev–Trinajstić information content (AvgIpc) is 2.64. The first-order valence-corrected chi connectivity index (χ1v) is 6.08. The number of fused-ring (bicyclic) bond motifs is 1. The number of aromatic carboxylic acids is 1. The van der Waals surface area contributed by atoms with Crippen LogP contribution in [0.4, 0.5) is 0 Å². The van der Waals surface area contributed by atoms with Crippen molar-refractivity contribution in [1.82, 2.24) is 0 Å². The van der Waals surface area contributed by atoms with Gasteiger partial charge in [0.1, 0.15) is 5.58 Å². The molecule has 3 heteroatoms. The third-order valence-corrected chi connectivity index (χ3v) is 2.72. The van der Waals surface area contributed by atoms with Crippen molar-refractivity contribution in [2.24, 2.45) is 5.41 Å². The Balaban J connectivity index is 2.69. The Morgan fingerprint density at radius 3 is 2.58 bits per heavy atom. The number of hydrogen-bond acceptors (Lipinski definition) is 2. The topological polar surface area (TPSA) is 50.4 Å². The maximum atomic E-state index is 11.1. The minimum absolute atomic E-state index is 0.0139. The van der Waals surface area contributed by atoms with Crippen LogP contribution in [-0.4, -0.2) is 11.1 Å². The number of rotatable bonds is 1. The number of aryl methyl sites for hydroxylation is 1. The predicted octanol–water partition coefficient (Wildman–Crippen LogP) is 3.84. The van der Waals surface area contributed by atoms with Gasteiger partial charge in [-0.1, -0.05) is 17.9 Å². The molecule has 0 amide bonds. The van der Waals surface area contributed by atoms with Gasteiger partial charge in [-0.25, -0.2) is 4.79 Å². The molecule has 0 saturated heterocycles. The zero-order valence-corrected chi connectivity index (χ0v) is 11.5. The molecule has 3 nitrogen and oxygen atoms in total. The first-order chi connectivity index (χ1) is 8.79. The van der Waals surface area contributed by atoms with E-state index in [0.29, 0.717) is 11.1 Å². The van der Waals surface area contributed by atoms with Crippen LogP contribution in [0.3, 0.4) is 0 Å². The van der Waals surface area contributed by atoms with Crippen molar-refractivity contribution in [1.29, 1.82) is 0 Å². The summed E-state index contributed by atoms with van der Waals surface area (Å²) in [5, 5.41) is 9.88. The largest absolute Gasteiger partial charge is 0.475 e. The van der Waals surface area contributed by atoms with Crippen LogP contribution in [0.5, 0.6) is 0 Å². The third kappa shape index (κ3) is 2.63. The summed E-state index contributed by atoms with van der Waals surface area (Å²) in [6.45, 7) is 7.85. The molecule has 0 spiro atoms. The molecular weight excluding hydrogens is 240 g/mol. The zero-order valence-electron chi connectivity index (χ0n) is 11.5. The Morgan fingerprint density at radius 2 is 2.00 bits per heavy atom. The zero-order chi connectivity index (χ0) is 14.2. The quantitative estimate of drug-likeness (QED) is 0.789. The van der Waals surface area contributed by atoms with Gasteiger partial charge < -0.3 is 9.52 Å². The number of carboxylic acid groups (broad SMARTS) is 1. The average molecular weight is 256 g/mol. The Kier molecular flexibility index (Phi) is 3.11. The van der Waals surface area contributed by atoms with Gasteiger partial charge in [0.2, 0.25) is 5.76 Å². The number of benzene rings is 1. The van der Waals surface area contributed by atoms with Crippen molar-refractivity contribution in [2.45, 2.75) is 27.7 Å². The molecule has 0 saturated carbocycles. The lowest BCUT2D eigenvalue weighted by Gasteiger charge is -2.07.